The minimum atomic E-state index is -1.03. The largest absolute Gasteiger partial charge is 0.496 e. The maximum atomic E-state index is 11.4. The zero-order valence-electron chi connectivity index (χ0n) is 17.7. The molecule has 2 aromatic carbocycles. The minimum Gasteiger partial charge on any atom is -0.496 e. The Balaban J connectivity index is 1.72. The first-order valence-corrected chi connectivity index (χ1v) is 11.1. The smallest absolute Gasteiger partial charge is 0.339 e. The van der Waals surface area contributed by atoms with E-state index in [1.807, 2.05) is 25.3 Å². The predicted molar refractivity (Wildman–Crippen MR) is 123 cm³/mol. The highest BCUT2D eigenvalue weighted by molar-refractivity contribution is 7.98. The van der Waals surface area contributed by atoms with Gasteiger partial charge >= 0.3 is 5.97 Å². The fourth-order valence-electron chi connectivity index (χ4n) is 3.13. The lowest BCUT2D eigenvalue weighted by atomic mass is 10.1. The lowest BCUT2D eigenvalue weighted by Gasteiger charge is -2.12. The Labute approximate surface area is 185 Å². The third-order valence-corrected chi connectivity index (χ3v) is 5.39. The van der Waals surface area contributed by atoms with Crippen molar-refractivity contribution in [2.45, 2.75) is 18.2 Å². The van der Waals surface area contributed by atoms with Crippen molar-refractivity contribution in [2.24, 2.45) is 0 Å². The summed E-state index contributed by atoms with van der Waals surface area (Å²) in [5.41, 5.74) is 2.68. The highest BCUT2D eigenvalue weighted by Crippen LogP contribution is 2.28. The van der Waals surface area contributed by atoms with Gasteiger partial charge in [0.05, 0.1) is 19.4 Å². The molecule has 0 atom stereocenters. The molecule has 0 spiro atoms. The van der Waals surface area contributed by atoms with Gasteiger partial charge in [-0.15, -0.1) is 11.8 Å². The maximum absolute atomic E-state index is 11.4. The van der Waals surface area contributed by atoms with Crippen molar-refractivity contribution in [3.8, 4) is 22.8 Å². The monoisotopic (exact) mass is 439 g/mol. The summed E-state index contributed by atoms with van der Waals surface area (Å²) in [6.45, 7) is 2.86. The van der Waals surface area contributed by atoms with Crippen LogP contribution in [0.15, 0.2) is 53.7 Å². The molecule has 0 aliphatic rings. The summed E-state index contributed by atoms with van der Waals surface area (Å²) in [7, 11) is 1.68. The van der Waals surface area contributed by atoms with Crippen molar-refractivity contribution in [1.29, 1.82) is 0 Å². The second-order valence-corrected chi connectivity index (χ2v) is 7.47. The number of aromatic nitrogens is 2. The number of carboxylic acids is 1. The number of nitrogens with zero attached hydrogens (tertiary/aromatic N) is 2. The molecule has 1 heterocycles. The second kappa shape index (κ2) is 10.7. The van der Waals surface area contributed by atoms with E-state index in [0.717, 1.165) is 28.2 Å². The van der Waals surface area contributed by atoms with E-state index in [9.17, 15) is 9.90 Å². The molecule has 1 aromatic heterocycles. The van der Waals surface area contributed by atoms with Gasteiger partial charge in [0.2, 0.25) is 0 Å². The van der Waals surface area contributed by atoms with Crippen molar-refractivity contribution in [3.05, 3.63) is 59.9 Å². The second-order valence-electron chi connectivity index (χ2n) is 6.59. The van der Waals surface area contributed by atoms with Gasteiger partial charge in [-0.3, -0.25) is 0 Å². The molecule has 3 rings (SSSR count). The molecule has 3 aromatic rings. The average Bonchev–Trinajstić information content (AvgIpc) is 2.79. The molecule has 0 amide bonds. The Hall–Kier alpha value is -3.26. The Morgan fingerprint density at radius 1 is 1.13 bits per heavy atom. The van der Waals surface area contributed by atoms with Gasteiger partial charge in [-0.1, -0.05) is 12.1 Å². The zero-order valence-corrected chi connectivity index (χ0v) is 18.5. The third-order valence-electron chi connectivity index (χ3n) is 4.67. The summed E-state index contributed by atoms with van der Waals surface area (Å²) in [4.78, 5) is 21.2. The van der Waals surface area contributed by atoms with Crippen LogP contribution in [-0.2, 0) is 6.42 Å². The summed E-state index contributed by atoms with van der Waals surface area (Å²) in [6, 6.07) is 13.0. The molecule has 0 radical (unpaired) electrons. The van der Waals surface area contributed by atoms with E-state index < -0.39 is 5.97 Å². The van der Waals surface area contributed by atoms with Crippen LogP contribution in [0.25, 0.3) is 11.3 Å². The van der Waals surface area contributed by atoms with Gasteiger partial charge in [-0.2, -0.15) is 0 Å². The molecule has 7 nitrogen and oxygen atoms in total. The number of ether oxygens (including phenoxy) is 2. The fourth-order valence-corrected chi connectivity index (χ4v) is 3.56. The molecule has 31 heavy (non-hydrogen) atoms. The van der Waals surface area contributed by atoms with E-state index in [4.69, 9.17) is 9.47 Å². The zero-order chi connectivity index (χ0) is 22.2. The summed E-state index contributed by atoms with van der Waals surface area (Å²) in [5, 5.41) is 12.6. The number of rotatable bonds is 10. The van der Waals surface area contributed by atoms with Gasteiger partial charge in [-0.05, 0) is 49.4 Å². The van der Waals surface area contributed by atoms with Gasteiger partial charge in [0.25, 0.3) is 0 Å². The number of nitrogens with one attached hydrogen (secondary N) is 1. The Bertz CT molecular complexity index is 1060. The van der Waals surface area contributed by atoms with Crippen molar-refractivity contribution >= 4 is 23.5 Å². The van der Waals surface area contributed by atoms with Crippen LogP contribution in [0.3, 0.4) is 0 Å². The van der Waals surface area contributed by atoms with Crippen molar-refractivity contribution < 1.29 is 19.4 Å². The Morgan fingerprint density at radius 2 is 1.97 bits per heavy atom. The molecule has 0 saturated carbocycles. The van der Waals surface area contributed by atoms with E-state index in [-0.39, 0.29) is 5.56 Å². The number of benzene rings is 2. The molecular weight excluding hydrogens is 414 g/mol. The Morgan fingerprint density at radius 3 is 2.68 bits per heavy atom. The first kappa shape index (κ1) is 22.4. The van der Waals surface area contributed by atoms with E-state index >= 15 is 0 Å². The maximum Gasteiger partial charge on any atom is 0.339 e. The van der Waals surface area contributed by atoms with Crippen LogP contribution in [0, 0.1) is 0 Å². The Kier molecular flexibility index (Phi) is 7.72. The lowest BCUT2D eigenvalue weighted by Crippen LogP contribution is -2.08. The molecule has 0 unspecified atom stereocenters. The number of methoxy groups -OCH3 is 1. The molecule has 0 bridgehead atoms. The number of anilines is 1. The highest BCUT2D eigenvalue weighted by atomic mass is 32.2. The molecule has 0 fully saturated rings. The first-order chi connectivity index (χ1) is 15.0. The van der Waals surface area contributed by atoms with Crippen LogP contribution in [0.1, 0.15) is 22.8 Å². The standard InChI is InChI=1S/C23H25N3O4S/c1-4-30-21-11-16(6-8-18(21)23(27)28)19-13-22(26-14-25-19)24-10-9-15-5-7-17(31-3)12-20(15)29-2/h5-8,11-14H,4,9-10H2,1-3H3,(H,27,28)(H,24,25,26). The number of hydrogen-bond acceptors (Lipinski definition) is 7. The van der Waals surface area contributed by atoms with Crippen LogP contribution in [0.2, 0.25) is 0 Å². The minimum absolute atomic E-state index is 0.124. The number of thioether (sulfide) groups is 1. The van der Waals surface area contributed by atoms with Crippen LogP contribution < -0.4 is 14.8 Å². The molecule has 162 valence electrons. The number of carbonyl (C=O) groups is 1. The topological polar surface area (TPSA) is 93.6 Å². The van der Waals surface area contributed by atoms with Crippen molar-refractivity contribution in [1.82, 2.24) is 9.97 Å². The van der Waals surface area contributed by atoms with E-state index in [1.165, 1.54) is 12.4 Å². The SMILES string of the molecule is CCOc1cc(-c2cc(NCCc3ccc(SC)cc3OC)ncn2)ccc1C(=O)O. The molecular formula is C23H25N3O4S. The van der Waals surface area contributed by atoms with Gasteiger partial charge in [0.15, 0.2) is 0 Å². The first-order valence-electron chi connectivity index (χ1n) is 9.83. The molecule has 0 aliphatic heterocycles. The predicted octanol–water partition coefficient (Wildman–Crippen LogP) is 4.63. The average molecular weight is 440 g/mol. The van der Waals surface area contributed by atoms with Crippen LogP contribution in [0.5, 0.6) is 11.5 Å². The van der Waals surface area contributed by atoms with E-state index in [2.05, 4.69) is 27.4 Å². The van der Waals surface area contributed by atoms with Crippen molar-refractivity contribution in [3.63, 3.8) is 0 Å². The third kappa shape index (κ3) is 5.67. The lowest BCUT2D eigenvalue weighted by molar-refractivity contribution is 0.0692. The molecule has 2 N–H and O–H groups in total. The van der Waals surface area contributed by atoms with E-state index in [0.29, 0.717) is 30.4 Å². The normalized spacial score (nSPS) is 10.5. The van der Waals surface area contributed by atoms with E-state index in [1.54, 1.807) is 31.0 Å². The highest BCUT2D eigenvalue weighted by Gasteiger charge is 2.13. The fraction of sp³-hybridized carbons (Fsp3) is 0.261. The summed E-state index contributed by atoms with van der Waals surface area (Å²) < 4.78 is 11.0. The number of hydrogen-bond donors (Lipinski definition) is 2. The van der Waals surface area contributed by atoms with Crippen LogP contribution >= 0.6 is 11.8 Å². The summed E-state index contributed by atoms with van der Waals surface area (Å²) in [5.74, 6) is 0.853. The molecule has 0 aliphatic carbocycles. The summed E-state index contributed by atoms with van der Waals surface area (Å²) >= 11 is 1.68. The quantitative estimate of drug-likeness (QED) is 0.442. The molecule has 8 heteroatoms. The number of carboxylic acid groups (broad SMARTS) is 1. The van der Waals surface area contributed by atoms with Gasteiger partial charge < -0.3 is 19.9 Å². The number of aromatic carboxylic acids is 1. The van der Waals surface area contributed by atoms with Crippen LogP contribution in [0.4, 0.5) is 5.82 Å². The van der Waals surface area contributed by atoms with Gasteiger partial charge in [0.1, 0.15) is 29.2 Å². The van der Waals surface area contributed by atoms with Gasteiger partial charge in [0, 0.05) is 23.1 Å². The van der Waals surface area contributed by atoms with Gasteiger partial charge in [-0.25, -0.2) is 14.8 Å². The van der Waals surface area contributed by atoms with Crippen LogP contribution in [-0.4, -0.2) is 47.6 Å². The van der Waals surface area contributed by atoms with Crippen molar-refractivity contribution in [2.75, 3.05) is 31.8 Å². The molecule has 0 saturated heterocycles. The summed E-state index contributed by atoms with van der Waals surface area (Å²) in [6.07, 6.45) is 4.30.